The van der Waals surface area contributed by atoms with Gasteiger partial charge in [0, 0.05) is 40.3 Å². The monoisotopic (exact) mass is 292 g/mol. The van der Waals surface area contributed by atoms with Crippen molar-refractivity contribution in [2.24, 2.45) is 0 Å². The average molecular weight is 293 g/mol. The van der Waals surface area contributed by atoms with Gasteiger partial charge in [0.05, 0.1) is 5.52 Å². The van der Waals surface area contributed by atoms with Crippen molar-refractivity contribution >= 4 is 33.4 Å². The van der Waals surface area contributed by atoms with Crippen LogP contribution in [0.2, 0.25) is 5.02 Å². The van der Waals surface area contributed by atoms with Gasteiger partial charge >= 0.3 is 0 Å². The molecule has 3 heteroatoms. The lowest BCUT2D eigenvalue weighted by Crippen LogP contribution is -1.99. The van der Waals surface area contributed by atoms with Gasteiger partial charge in [0.15, 0.2) is 0 Å². The molecule has 0 atom stereocenters. The molecule has 4 aromatic rings. The van der Waals surface area contributed by atoms with Gasteiger partial charge in [0.1, 0.15) is 0 Å². The molecule has 0 aliphatic rings. The number of para-hydroxylation sites is 1. The molecule has 0 radical (unpaired) electrons. The van der Waals surface area contributed by atoms with Crippen LogP contribution in [0.1, 0.15) is 5.56 Å². The summed E-state index contributed by atoms with van der Waals surface area (Å²) in [5.74, 6) is 0. The Kier molecular flexibility index (Phi) is 2.90. The molecule has 0 bridgehead atoms. The standard InChI is InChI=1S/C18H13ClN2/c19-16-6-7-17-14(11-16)8-10-21(17)12-15-4-1-3-13-5-2-9-20-18(13)15/h1-11H,12H2. The quantitative estimate of drug-likeness (QED) is 0.514. The normalized spacial score (nSPS) is 11.3. The second kappa shape index (κ2) is 4.90. The molecular weight excluding hydrogens is 280 g/mol. The molecule has 0 fully saturated rings. The number of aromatic nitrogens is 2. The van der Waals surface area contributed by atoms with Gasteiger partial charge in [-0.15, -0.1) is 0 Å². The van der Waals surface area contributed by atoms with E-state index >= 15 is 0 Å². The van der Waals surface area contributed by atoms with Crippen LogP contribution >= 0.6 is 11.6 Å². The molecule has 2 aromatic carbocycles. The van der Waals surface area contributed by atoms with E-state index in [1.165, 1.54) is 16.5 Å². The summed E-state index contributed by atoms with van der Waals surface area (Å²) in [6, 6.07) is 18.5. The predicted octanol–water partition coefficient (Wildman–Crippen LogP) is 4.89. The lowest BCUT2D eigenvalue weighted by molar-refractivity contribution is 0.841. The van der Waals surface area contributed by atoms with Gasteiger partial charge in [-0.05, 0) is 35.9 Å². The third-order valence-electron chi connectivity index (χ3n) is 3.79. The Morgan fingerprint density at radius 3 is 2.81 bits per heavy atom. The zero-order valence-corrected chi connectivity index (χ0v) is 12.1. The highest BCUT2D eigenvalue weighted by Crippen LogP contribution is 2.23. The molecule has 0 aliphatic heterocycles. The zero-order chi connectivity index (χ0) is 14.2. The minimum absolute atomic E-state index is 0.770. The smallest absolute Gasteiger partial charge is 0.0751 e. The number of nitrogens with zero attached hydrogens (tertiary/aromatic N) is 2. The fourth-order valence-corrected chi connectivity index (χ4v) is 2.97. The summed E-state index contributed by atoms with van der Waals surface area (Å²) in [7, 11) is 0. The van der Waals surface area contributed by atoms with Gasteiger partial charge < -0.3 is 4.57 Å². The molecule has 0 aliphatic carbocycles. The highest BCUT2D eigenvalue weighted by molar-refractivity contribution is 6.31. The fraction of sp³-hybridized carbons (Fsp3) is 0.0556. The molecule has 0 saturated heterocycles. The van der Waals surface area contributed by atoms with E-state index in [1.807, 2.05) is 24.4 Å². The van der Waals surface area contributed by atoms with Crippen LogP contribution in [0.3, 0.4) is 0 Å². The summed E-state index contributed by atoms with van der Waals surface area (Å²) < 4.78 is 2.23. The summed E-state index contributed by atoms with van der Waals surface area (Å²) in [4.78, 5) is 4.52. The Bertz CT molecular complexity index is 935. The lowest BCUT2D eigenvalue weighted by atomic mass is 10.1. The first kappa shape index (κ1) is 12.4. The maximum atomic E-state index is 6.05. The minimum atomic E-state index is 0.770. The van der Waals surface area contributed by atoms with Crippen LogP contribution in [-0.2, 0) is 6.54 Å². The van der Waals surface area contributed by atoms with Crippen molar-refractivity contribution in [1.29, 1.82) is 0 Å². The van der Waals surface area contributed by atoms with Crippen molar-refractivity contribution in [1.82, 2.24) is 9.55 Å². The molecule has 0 saturated carbocycles. The van der Waals surface area contributed by atoms with Crippen molar-refractivity contribution in [2.45, 2.75) is 6.54 Å². The maximum Gasteiger partial charge on any atom is 0.0751 e. The minimum Gasteiger partial charge on any atom is -0.343 e. The fourth-order valence-electron chi connectivity index (χ4n) is 2.79. The van der Waals surface area contributed by atoms with Crippen molar-refractivity contribution in [3.05, 3.63) is 77.6 Å². The predicted molar refractivity (Wildman–Crippen MR) is 87.8 cm³/mol. The summed E-state index contributed by atoms with van der Waals surface area (Å²) in [6.07, 6.45) is 3.95. The first-order chi connectivity index (χ1) is 10.3. The molecule has 4 rings (SSSR count). The van der Waals surface area contributed by atoms with Gasteiger partial charge in [-0.2, -0.15) is 0 Å². The van der Waals surface area contributed by atoms with Crippen LogP contribution in [-0.4, -0.2) is 9.55 Å². The van der Waals surface area contributed by atoms with E-state index in [0.29, 0.717) is 0 Å². The summed E-state index contributed by atoms with van der Waals surface area (Å²) in [6.45, 7) is 0.805. The van der Waals surface area contributed by atoms with Crippen LogP contribution in [0.4, 0.5) is 0 Å². The number of rotatable bonds is 2. The third-order valence-corrected chi connectivity index (χ3v) is 4.03. The third kappa shape index (κ3) is 2.18. The topological polar surface area (TPSA) is 17.8 Å². The van der Waals surface area contributed by atoms with Gasteiger partial charge in [-0.3, -0.25) is 4.98 Å². The van der Waals surface area contributed by atoms with E-state index in [4.69, 9.17) is 11.6 Å². The Morgan fingerprint density at radius 1 is 0.952 bits per heavy atom. The average Bonchev–Trinajstić information content (AvgIpc) is 2.90. The SMILES string of the molecule is Clc1ccc2c(ccn2Cc2cccc3cccnc23)c1. The van der Waals surface area contributed by atoms with Crippen molar-refractivity contribution < 1.29 is 0 Å². The first-order valence-corrected chi connectivity index (χ1v) is 7.26. The summed E-state index contributed by atoms with van der Waals surface area (Å²) >= 11 is 6.05. The summed E-state index contributed by atoms with van der Waals surface area (Å²) in [5.41, 5.74) is 3.48. The number of fused-ring (bicyclic) bond motifs is 2. The van der Waals surface area contributed by atoms with Crippen molar-refractivity contribution in [3.8, 4) is 0 Å². The van der Waals surface area contributed by atoms with E-state index in [9.17, 15) is 0 Å². The molecule has 0 amide bonds. The van der Waals surface area contributed by atoms with E-state index < -0.39 is 0 Å². The second-order valence-electron chi connectivity index (χ2n) is 5.14. The van der Waals surface area contributed by atoms with Gasteiger partial charge in [0.2, 0.25) is 0 Å². The molecular formula is C18H13ClN2. The maximum absolute atomic E-state index is 6.05. The lowest BCUT2D eigenvalue weighted by Gasteiger charge is -2.08. The molecule has 0 spiro atoms. The Morgan fingerprint density at radius 2 is 1.86 bits per heavy atom. The van der Waals surface area contributed by atoms with E-state index in [0.717, 1.165) is 22.5 Å². The highest BCUT2D eigenvalue weighted by atomic mass is 35.5. The van der Waals surface area contributed by atoms with Crippen molar-refractivity contribution in [2.75, 3.05) is 0 Å². The second-order valence-corrected chi connectivity index (χ2v) is 5.58. The highest BCUT2D eigenvalue weighted by Gasteiger charge is 2.06. The molecule has 102 valence electrons. The molecule has 2 aromatic heterocycles. The van der Waals surface area contributed by atoms with E-state index in [2.05, 4.69) is 52.1 Å². The zero-order valence-electron chi connectivity index (χ0n) is 11.3. The molecule has 0 N–H and O–H groups in total. The van der Waals surface area contributed by atoms with Crippen LogP contribution in [0.25, 0.3) is 21.8 Å². The number of hydrogen-bond acceptors (Lipinski definition) is 1. The number of benzene rings is 2. The van der Waals surface area contributed by atoms with Crippen LogP contribution in [0.15, 0.2) is 67.0 Å². The Labute approximate surface area is 127 Å². The van der Waals surface area contributed by atoms with Gasteiger partial charge in [-0.1, -0.05) is 35.9 Å². The van der Waals surface area contributed by atoms with E-state index in [-0.39, 0.29) is 0 Å². The largest absolute Gasteiger partial charge is 0.343 e. The van der Waals surface area contributed by atoms with Gasteiger partial charge in [0.25, 0.3) is 0 Å². The van der Waals surface area contributed by atoms with Gasteiger partial charge in [-0.25, -0.2) is 0 Å². The Balaban J connectivity index is 1.83. The Hall–Kier alpha value is -2.32. The van der Waals surface area contributed by atoms with Crippen molar-refractivity contribution in [3.63, 3.8) is 0 Å². The van der Waals surface area contributed by atoms with Crippen LogP contribution in [0.5, 0.6) is 0 Å². The van der Waals surface area contributed by atoms with Crippen LogP contribution < -0.4 is 0 Å². The number of pyridine rings is 1. The van der Waals surface area contributed by atoms with Crippen LogP contribution in [0, 0.1) is 0 Å². The molecule has 2 heterocycles. The molecule has 2 nitrogen and oxygen atoms in total. The van der Waals surface area contributed by atoms with E-state index in [1.54, 1.807) is 0 Å². The number of halogens is 1. The number of hydrogen-bond donors (Lipinski definition) is 0. The molecule has 21 heavy (non-hydrogen) atoms. The first-order valence-electron chi connectivity index (χ1n) is 6.88. The molecule has 0 unspecified atom stereocenters. The summed E-state index contributed by atoms with van der Waals surface area (Å²) in [5, 5.41) is 3.11.